The Hall–Kier alpha value is -3.12. The van der Waals surface area contributed by atoms with E-state index in [4.69, 9.17) is 4.74 Å². The summed E-state index contributed by atoms with van der Waals surface area (Å²) in [6.45, 7) is 8.70. The van der Waals surface area contributed by atoms with Gasteiger partial charge in [0.2, 0.25) is 5.91 Å². The molecule has 1 saturated carbocycles. The van der Waals surface area contributed by atoms with Crippen LogP contribution >= 0.6 is 0 Å². The van der Waals surface area contributed by atoms with Gasteiger partial charge >= 0.3 is 0 Å². The average molecular weight is 512 g/mol. The summed E-state index contributed by atoms with van der Waals surface area (Å²) in [5.74, 6) is 0.536. The molecule has 2 saturated heterocycles. The summed E-state index contributed by atoms with van der Waals surface area (Å²) < 4.78 is 6.50. The zero-order valence-corrected chi connectivity index (χ0v) is 22.6. The highest BCUT2D eigenvalue weighted by atomic mass is 16.6. The molecule has 3 fully saturated rings. The number of nitrogens with one attached hydrogen (secondary N) is 3. The molecular weight excluding hydrogens is 474 g/mol. The van der Waals surface area contributed by atoms with Crippen molar-refractivity contribution in [2.24, 2.45) is 29.6 Å². The number of H-pyrrole nitrogens is 2. The van der Waals surface area contributed by atoms with Crippen LogP contribution in [0.15, 0.2) is 54.7 Å². The van der Waals surface area contributed by atoms with Gasteiger partial charge in [0.05, 0.1) is 17.4 Å². The van der Waals surface area contributed by atoms with E-state index in [0.717, 1.165) is 30.5 Å². The molecule has 7 rings (SSSR count). The van der Waals surface area contributed by atoms with E-state index in [-0.39, 0.29) is 53.1 Å². The van der Waals surface area contributed by atoms with Gasteiger partial charge in [-0.25, -0.2) is 0 Å². The molecule has 3 aliphatic heterocycles. The van der Waals surface area contributed by atoms with Crippen molar-refractivity contribution in [1.29, 1.82) is 0 Å². The molecule has 3 N–H and O–H groups in total. The lowest BCUT2D eigenvalue weighted by Gasteiger charge is -2.46. The number of fused-ring (bicyclic) bond motifs is 5. The average Bonchev–Trinajstić information content (AvgIpc) is 3.23. The van der Waals surface area contributed by atoms with Gasteiger partial charge in [-0.15, -0.1) is 0 Å². The molecule has 38 heavy (non-hydrogen) atoms. The minimum absolute atomic E-state index is 0.00134. The number of para-hydroxylation sites is 1. The topological polar surface area (TPSA) is 90.3 Å². The molecule has 6 nitrogen and oxygen atoms in total. The van der Waals surface area contributed by atoms with E-state index in [1.165, 1.54) is 10.9 Å². The molecule has 6 heteroatoms. The van der Waals surface area contributed by atoms with Gasteiger partial charge in [0, 0.05) is 46.6 Å². The largest absolute Gasteiger partial charge is 0.365 e. The van der Waals surface area contributed by atoms with Gasteiger partial charge in [-0.05, 0) is 61.8 Å². The Bertz CT molecular complexity index is 1470. The molecule has 2 bridgehead atoms. The number of carbonyl (C=O) groups is 2. The third kappa shape index (κ3) is 3.16. The maximum absolute atomic E-state index is 14.4. The van der Waals surface area contributed by atoms with Crippen molar-refractivity contribution in [3.8, 4) is 0 Å². The number of amides is 1. The van der Waals surface area contributed by atoms with Crippen molar-refractivity contribution in [3.05, 3.63) is 71.7 Å². The quantitative estimate of drug-likeness (QED) is 0.321. The summed E-state index contributed by atoms with van der Waals surface area (Å²) in [7, 11) is 0. The van der Waals surface area contributed by atoms with Gasteiger partial charge in [0.1, 0.15) is 5.41 Å². The van der Waals surface area contributed by atoms with Crippen molar-refractivity contribution >= 4 is 22.6 Å². The van der Waals surface area contributed by atoms with Crippen LogP contribution in [0, 0.1) is 29.6 Å². The lowest BCUT2D eigenvalue weighted by molar-refractivity contribution is -0.127. The van der Waals surface area contributed by atoms with Gasteiger partial charge in [0.15, 0.2) is 5.78 Å². The summed E-state index contributed by atoms with van der Waals surface area (Å²) in [5, 5.41) is 4.67. The van der Waals surface area contributed by atoms with Crippen molar-refractivity contribution in [3.63, 3.8) is 0 Å². The van der Waals surface area contributed by atoms with Crippen LogP contribution in [0.25, 0.3) is 10.9 Å². The van der Waals surface area contributed by atoms with E-state index in [1.54, 1.807) is 0 Å². The molecule has 5 heterocycles. The predicted molar refractivity (Wildman–Crippen MR) is 147 cm³/mol. The number of ketones is 1. The third-order valence-corrected chi connectivity index (χ3v) is 10.4. The number of rotatable bonds is 2. The lowest BCUT2D eigenvalue weighted by Crippen LogP contribution is -2.57. The van der Waals surface area contributed by atoms with Crippen LogP contribution in [-0.2, 0) is 21.4 Å². The second kappa shape index (κ2) is 8.19. The smallest absolute Gasteiger partial charge is 0.233 e. The van der Waals surface area contributed by atoms with Crippen LogP contribution in [0.2, 0.25) is 0 Å². The zero-order valence-electron chi connectivity index (χ0n) is 22.6. The summed E-state index contributed by atoms with van der Waals surface area (Å²) in [4.78, 5) is 34.7. The summed E-state index contributed by atoms with van der Waals surface area (Å²) >= 11 is 0. The first-order valence-corrected chi connectivity index (χ1v) is 14.2. The number of aromatic nitrogens is 2. The zero-order chi connectivity index (χ0) is 26.4. The molecule has 1 aliphatic carbocycles. The first kappa shape index (κ1) is 24.0. The highest BCUT2D eigenvalue weighted by Gasteiger charge is 2.77. The maximum atomic E-state index is 14.4. The highest BCUT2D eigenvalue weighted by molar-refractivity contribution is 5.97. The Morgan fingerprint density at radius 2 is 1.89 bits per heavy atom. The van der Waals surface area contributed by atoms with Crippen LogP contribution in [0.5, 0.6) is 0 Å². The molecule has 4 aliphatic rings. The van der Waals surface area contributed by atoms with E-state index in [1.807, 2.05) is 25.1 Å². The van der Waals surface area contributed by atoms with E-state index in [0.29, 0.717) is 11.6 Å². The summed E-state index contributed by atoms with van der Waals surface area (Å²) in [6.07, 6.45) is 9.05. The minimum Gasteiger partial charge on any atom is -0.365 e. The van der Waals surface area contributed by atoms with Gasteiger partial charge in [-0.2, -0.15) is 0 Å². The Kier molecular flexibility index (Phi) is 5.16. The third-order valence-electron chi connectivity index (χ3n) is 10.4. The number of carbonyl (C=O) groups excluding carboxylic acids is 2. The van der Waals surface area contributed by atoms with E-state index < -0.39 is 5.41 Å². The Morgan fingerprint density at radius 3 is 2.74 bits per heavy atom. The number of aromatic amines is 2. The molecule has 198 valence electrons. The van der Waals surface area contributed by atoms with Gasteiger partial charge < -0.3 is 20.0 Å². The fraction of sp³-hybridized carbons (Fsp3) is 0.500. The van der Waals surface area contributed by atoms with Crippen LogP contribution in [0.4, 0.5) is 0 Å². The SMILES string of the molecule is C[C@H]1C/C=C/[C@H]2[C@@H]3O[C@]3(C)[C@@H](C)C3[C@H](Cc4c[nH]c5ccccc45)NC(=O)[C@]32c2ccc([nH]2)C(=O)[C@@H](C)C1. The first-order chi connectivity index (χ1) is 18.2. The number of epoxide rings is 1. The lowest BCUT2D eigenvalue weighted by atomic mass is 9.52. The first-order valence-electron chi connectivity index (χ1n) is 14.2. The molecule has 1 aromatic carbocycles. The van der Waals surface area contributed by atoms with Crippen LogP contribution in [-0.4, -0.2) is 39.4 Å². The molecule has 1 unspecified atom stereocenters. The fourth-order valence-corrected chi connectivity index (χ4v) is 8.35. The fourth-order valence-electron chi connectivity index (χ4n) is 8.35. The molecule has 1 spiro atoms. The second-order valence-electron chi connectivity index (χ2n) is 12.6. The van der Waals surface area contributed by atoms with Crippen LogP contribution < -0.4 is 5.32 Å². The molecule has 2 aromatic heterocycles. The standard InChI is InChI=1S/C32H37N3O3/c1-17-8-7-10-22-29-31(4,38-29)19(3)27-25(15-20-16-33-23-11-6-5-9-21(20)23)35-30(37)32(22,27)26-13-12-24(34-26)28(36)18(2)14-17/h5-7,9-13,16-19,22,25,27,29,33-34H,8,14-15H2,1-4H3,(H,35,37)/b10-7+/t17-,18-,19-,22-,25-,27?,29-,31+,32+/m0/s1. The normalized spacial score (nSPS) is 40.9. The van der Waals surface area contributed by atoms with Gasteiger partial charge in [0.25, 0.3) is 0 Å². The van der Waals surface area contributed by atoms with Crippen LogP contribution in [0.3, 0.4) is 0 Å². The monoisotopic (exact) mass is 511 g/mol. The Morgan fingerprint density at radius 1 is 1.08 bits per heavy atom. The number of benzene rings is 1. The second-order valence-corrected chi connectivity index (χ2v) is 12.6. The number of Topliss-reactive ketones (excluding diaryl/α,β-unsaturated/α-hetero) is 1. The van der Waals surface area contributed by atoms with E-state index in [9.17, 15) is 9.59 Å². The molecule has 0 radical (unpaired) electrons. The van der Waals surface area contributed by atoms with E-state index in [2.05, 4.69) is 72.6 Å². The summed E-state index contributed by atoms with van der Waals surface area (Å²) in [5.41, 5.74) is 2.70. The van der Waals surface area contributed by atoms with Gasteiger partial charge in [-0.1, -0.05) is 51.1 Å². The molecule has 1 amide bonds. The Balaban J connectivity index is 1.38. The van der Waals surface area contributed by atoms with E-state index >= 15 is 0 Å². The van der Waals surface area contributed by atoms with Crippen molar-refractivity contribution in [1.82, 2.24) is 15.3 Å². The number of hydrogen-bond acceptors (Lipinski definition) is 3. The summed E-state index contributed by atoms with van der Waals surface area (Å²) in [6, 6.07) is 12.2. The molecular formula is C32H37N3O3. The molecule has 9 atom stereocenters. The number of ether oxygens (including phenoxy) is 1. The highest BCUT2D eigenvalue weighted by Crippen LogP contribution is 2.66. The number of hydrogen-bond donors (Lipinski definition) is 3. The minimum atomic E-state index is -0.822. The van der Waals surface area contributed by atoms with Crippen molar-refractivity contribution in [2.45, 2.75) is 70.1 Å². The molecule has 3 aromatic rings. The number of allylic oxidation sites excluding steroid dienone is 1. The van der Waals surface area contributed by atoms with Crippen molar-refractivity contribution < 1.29 is 14.3 Å². The Labute approximate surface area is 223 Å². The van der Waals surface area contributed by atoms with Crippen molar-refractivity contribution in [2.75, 3.05) is 0 Å². The van der Waals surface area contributed by atoms with Crippen LogP contribution in [0.1, 0.15) is 62.3 Å². The maximum Gasteiger partial charge on any atom is 0.233 e. The van der Waals surface area contributed by atoms with Gasteiger partial charge in [-0.3, -0.25) is 9.59 Å². The predicted octanol–water partition coefficient (Wildman–Crippen LogP) is 5.32.